The summed E-state index contributed by atoms with van der Waals surface area (Å²) in [4.78, 5) is 23.2. The van der Waals surface area contributed by atoms with Crippen LogP contribution in [-0.2, 0) is 0 Å². The molecule has 4 rings (SSSR count). The Hall–Kier alpha value is -3.21. The lowest BCUT2D eigenvalue weighted by Gasteiger charge is -2.08. The van der Waals surface area contributed by atoms with Crippen molar-refractivity contribution in [3.05, 3.63) is 71.4 Å². The topological polar surface area (TPSA) is 70.7 Å². The average molecular weight is 288 g/mol. The van der Waals surface area contributed by atoms with E-state index in [0.29, 0.717) is 11.0 Å². The summed E-state index contributed by atoms with van der Waals surface area (Å²) in [7, 11) is 0. The van der Waals surface area contributed by atoms with Gasteiger partial charge in [-0.3, -0.25) is 9.78 Å². The number of rotatable bonds is 2. The number of nitrogens with zero attached hydrogens (tertiary/aromatic N) is 2. The molecular formula is C17H12N4O. The Balaban J connectivity index is 1.93. The van der Waals surface area contributed by atoms with Gasteiger partial charge in [-0.2, -0.15) is 0 Å². The van der Waals surface area contributed by atoms with E-state index in [0.717, 1.165) is 22.1 Å². The summed E-state index contributed by atoms with van der Waals surface area (Å²) in [6.07, 6.45) is 5.15. The van der Waals surface area contributed by atoms with E-state index in [1.54, 1.807) is 18.6 Å². The number of anilines is 2. The quantitative estimate of drug-likeness (QED) is 0.556. The van der Waals surface area contributed by atoms with E-state index in [1.807, 2.05) is 42.5 Å². The number of aromatic amines is 1. The van der Waals surface area contributed by atoms with Gasteiger partial charge in [-0.1, -0.05) is 0 Å². The smallest absolute Gasteiger partial charge is 0.257 e. The highest BCUT2D eigenvalue weighted by molar-refractivity contribution is 6.05. The van der Waals surface area contributed by atoms with E-state index in [4.69, 9.17) is 0 Å². The molecule has 0 fully saturated rings. The first-order valence-corrected chi connectivity index (χ1v) is 6.89. The first kappa shape index (κ1) is 12.5. The zero-order valence-electron chi connectivity index (χ0n) is 11.6. The van der Waals surface area contributed by atoms with Crippen LogP contribution in [0.2, 0.25) is 0 Å². The van der Waals surface area contributed by atoms with Crippen LogP contribution in [0.25, 0.3) is 21.8 Å². The molecule has 0 saturated heterocycles. The molecular weight excluding hydrogens is 276 g/mol. The molecule has 0 aliphatic carbocycles. The van der Waals surface area contributed by atoms with Gasteiger partial charge in [0.15, 0.2) is 0 Å². The van der Waals surface area contributed by atoms with E-state index in [-0.39, 0.29) is 5.56 Å². The van der Waals surface area contributed by atoms with E-state index in [2.05, 4.69) is 20.3 Å². The molecule has 0 aliphatic rings. The van der Waals surface area contributed by atoms with Crippen molar-refractivity contribution < 1.29 is 0 Å². The lowest BCUT2D eigenvalue weighted by Crippen LogP contribution is -2.07. The highest BCUT2D eigenvalue weighted by Gasteiger charge is 2.06. The molecule has 1 aromatic carbocycles. The van der Waals surface area contributed by atoms with Gasteiger partial charge in [0.25, 0.3) is 5.56 Å². The molecule has 106 valence electrons. The number of hydrogen-bond acceptors (Lipinski definition) is 4. The molecule has 0 saturated carbocycles. The SMILES string of the molecule is O=c1[nH]c2ncccc2c2cc(Nc3cccnc3)ccc12. The van der Waals surface area contributed by atoms with Gasteiger partial charge in [-0.15, -0.1) is 0 Å². The number of H-pyrrole nitrogens is 1. The molecule has 0 radical (unpaired) electrons. The van der Waals surface area contributed by atoms with Crippen molar-refractivity contribution >= 4 is 33.2 Å². The van der Waals surface area contributed by atoms with Crippen LogP contribution in [-0.4, -0.2) is 15.0 Å². The number of benzene rings is 1. The number of nitrogens with one attached hydrogen (secondary N) is 2. The number of aromatic nitrogens is 3. The van der Waals surface area contributed by atoms with Crippen LogP contribution in [0.15, 0.2) is 65.8 Å². The lowest BCUT2D eigenvalue weighted by atomic mass is 10.1. The summed E-state index contributed by atoms with van der Waals surface area (Å²) in [5.74, 6) is 0. The van der Waals surface area contributed by atoms with Gasteiger partial charge in [-0.05, 0) is 42.5 Å². The van der Waals surface area contributed by atoms with Crippen molar-refractivity contribution in [1.82, 2.24) is 15.0 Å². The van der Waals surface area contributed by atoms with E-state index in [9.17, 15) is 4.79 Å². The molecule has 0 spiro atoms. The van der Waals surface area contributed by atoms with Crippen LogP contribution < -0.4 is 10.9 Å². The van der Waals surface area contributed by atoms with Crippen LogP contribution in [0.3, 0.4) is 0 Å². The Morgan fingerprint density at radius 2 is 1.82 bits per heavy atom. The highest BCUT2D eigenvalue weighted by Crippen LogP contribution is 2.24. The largest absolute Gasteiger partial charge is 0.354 e. The van der Waals surface area contributed by atoms with Gasteiger partial charge < -0.3 is 10.3 Å². The van der Waals surface area contributed by atoms with Crippen LogP contribution >= 0.6 is 0 Å². The maximum atomic E-state index is 12.1. The summed E-state index contributed by atoms with van der Waals surface area (Å²) < 4.78 is 0. The van der Waals surface area contributed by atoms with E-state index >= 15 is 0 Å². The van der Waals surface area contributed by atoms with Crippen molar-refractivity contribution in [2.45, 2.75) is 0 Å². The van der Waals surface area contributed by atoms with Gasteiger partial charge in [-0.25, -0.2) is 4.98 Å². The van der Waals surface area contributed by atoms with Gasteiger partial charge in [0.1, 0.15) is 5.65 Å². The Morgan fingerprint density at radius 3 is 2.68 bits per heavy atom. The van der Waals surface area contributed by atoms with Crippen molar-refractivity contribution in [3.63, 3.8) is 0 Å². The molecule has 5 heteroatoms. The Kier molecular flexibility index (Phi) is 2.83. The van der Waals surface area contributed by atoms with Gasteiger partial charge in [0.2, 0.25) is 0 Å². The summed E-state index contributed by atoms with van der Waals surface area (Å²) in [5.41, 5.74) is 2.26. The second-order valence-electron chi connectivity index (χ2n) is 4.98. The fraction of sp³-hybridized carbons (Fsp3) is 0. The zero-order chi connectivity index (χ0) is 14.9. The van der Waals surface area contributed by atoms with Crippen molar-refractivity contribution in [1.29, 1.82) is 0 Å². The zero-order valence-corrected chi connectivity index (χ0v) is 11.6. The minimum Gasteiger partial charge on any atom is -0.354 e. The van der Waals surface area contributed by atoms with Gasteiger partial charge in [0, 0.05) is 34.2 Å². The average Bonchev–Trinajstić information content (AvgIpc) is 2.56. The van der Waals surface area contributed by atoms with Crippen molar-refractivity contribution in [3.8, 4) is 0 Å². The number of fused-ring (bicyclic) bond motifs is 3. The number of hydrogen-bond donors (Lipinski definition) is 2. The van der Waals surface area contributed by atoms with Crippen LogP contribution in [0.5, 0.6) is 0 Å². The first-order valence-electron chi connectivity index (χ1n) is 6.89. The van der Waals surface area contributed by atoms with Crippen LogP contribution in [0.1, 0.15) is 0 Å². The Morgan fingerprint density at radius 1 is 0.909 bits per heavy atom. The standard InChI is InChI=1S/C17H12N4O/c22-17-14-6-5-11(20-12-3-1-7-18-10-12)9-15(14)13-4-2-8-19-16(13)21-17/h1-10,20H,(H,19,21,22). The summed E-state index contributed by atoms with van der Waals surface area (Å²) in [6.45, 7) is 0. The van der Waals surface area contributed by atoms with Crippen LogP contribution in [0, 0.1) is 0 Å². The number of pyridine rings is 3. The molecule has 22 heavy (non-hydrogen) atoms. The van der Waals surface area contributed by atoms with Crippen LogP contribution in [0.4, 0.5) is 11.4 Å². The third-order valence-electron chi connectivity index (χ3n) is 3.54. The second kappa shape index (κ2) is 4.96. The molecule has 3 heterocycles. The summed E-state index contributed by atoms with van der Waals surface area (Å²) >= 11 is 0. The van der Waals surface area contributed by atoms with E-state index < -0.39 is 0 Å². The first-order chi connectivity index (χ1) is 10.8. The van der Waals surface area contributed by atoms with Crippen molar-refractivity contribution in [2.24, 2.45) is 0 Å². The third kappa shape index (κ3) is 2.09. The van der Waals surface area contributed by atoms with Gasteiger partial charge >= 0.3 is 0 Å². The molecule has 0 atom stereocenters. The predicted octanol–water partition coefficient (Wildman–Crippen LogP) is 3.21. The molecule has 0 amide bonds. The van der Waals surface area contributed by atoms with E-state index in [1.165, 1.54) is 0 Å². The highest BCUT2D eigenvalue weighted by atomic mass is 16.1. The molecule has 4 aromatic rings. The molecule has 5 nitrogen and oxygen atoms in total. The second-order valence-corrected chi connectivity index (χ2v) is 4.98. The predicted molar refractivity (Wildman–Crippen MR) is 87.4 cm³/mol. The fourth-order valence-electron chi connectivity index (χ4n) is 2.54. The lowest BCUT2D eigenvalue weighted by molar-refractivity contribution is 1.25. The molecule has 0 aliphatic heterocycles. The maximum Gasteiger partial charge on any atom is 0.257 e. The molecule has 0 bridgehead atoms. The van der Waals surface area contributed by atoms with Crippen molar-refractivity contribution in [2.75, 3.05) is 5.32 Å². The molecule has 3 aromatic heterocycles. The fourth-order valence-corrected chi connectivity index (χ4v) is 2.54. The Labute approximate surface area is 125 Å². The molecule has 0 unspecified atom stereocenters. The summed E-state index contributed by atoms with van der Waals surface area (Å²) in [5, 5.41) is 5.73. The summed E-state index contributed by atoms with van der Waals surface area (Å²) in [6, 6.07) is 13.3. The van der Waals surface area contributed by atoms with Gasteiger partial charge in [0.05, 0.1) is 11.9 Å². The minimum atomic E-state index is -0.130. The normalized spacial score (nSPS) is 10.9. The molecule has 2 N–H and O–H groups in total. The Bertz CT molecular complexity index is 1020. The maximum absolute atomic E-state index is 12.1. The third-order valence-corrected chi connectivity index (χ3v) is 3.54. The minimum absolute atomic E-state index is 0.130. The monoisotopic (exact) mass is 288 g/mol.